The maximum Gasteiger partial charge on any atom is 0.280 e. The lowest BCUT2D eigenvalue weighted by molar-refractivity contribution is 0.0989. The molecule has 3 aromatic rings. The van der Waals surface area contributed by atoms with Crippen LogP contribution in [0.25, 0.3) is 0 Å². The Morgan fingerprint density at radius 3 is 2.54 bits per heavy atom. The van der Waals surface area contributed by atoms with E-state index >= 15 is 0 Å². The molecule has 2 heterocycles. The summed E-state index contributed by atoms with van der Waals surface area (Å²) >= 11 is 12.1. The zero-order chi connectivity index (χ0) is 16.8. The number of carbonyl (C=O) groups is 1. The largest absolute Gasteiger partial charge is 0.295 e. The highest BCUT2D eigenvalue weighted by atomic mass is 35.5. The fraction of sp³-hybridized carbons (Fsp3) is 0.111. The van der Waals surface area contributed by atoms with Gasteiger partial charge in [-0.15, -0.1) is 0 Å². The normalized spacial score (nSPS) is 16.5. The van der Waals surface area contributed by atoms with Gasteiger partial charge < -0.3 is 0 Å². The molecule has 4 nitrogen and oxygen atoms in total. The molecule has 1 amide bonds. The number of aryl methyl sites for hydroxylation is 1. The number of halogens is 2. The Bertz CT molecular complexity index is 934. The standard InChI is InChI=1S/C18H13Cl2N3O/c1-10-15-16(22-21-10)18(24)23(14-4-2-3-13(20)9-14)17(15)11-5-7-12(19)8-6-11/h2-9,17H,1H3,(H,21,22). The third kappa shape index (κ3) is 2.30. The van der Waals surface area contributed by atoms with Gasteiger partial charge in [0, 0.05) is 27.0 Å². The molecule has 120 valence electrons. The van der Waals surface area contributed by atoms with Crippen molar-refractivity contribution >= 4 is 34.8 Å². The molecule has 0 saturated carbocycles. The van der Waals surface area contributed by atoms with E-state index in [1.54, 1.807) is 17.0 Å². The average Bonchev–Trinajstić information content (AvgIpc) is 3.07. The number of amides is 1. The quantitative estimate of drug-likeness (QED) is 0.717. The molecule has 1 aliphatic rings. The van der Waals surface area contributed by atoms with Gasteiger partial charge in [-0.2, -0.15) is 5.10 Å². The molecule has 0 fully saturated rings. The van der Waals surface area contributed by atoms with Crippen LogP contribution in [0.1, 0.15) is 33.4 Å². The van der Waals surface area contributed by atoms with Crippen molar-refractivity contribution in [2.24, 2.45) is 0 Å². The van der Waals surface area contributed by atoms with Gasteiger partial charge in [0.05, 0.1) is 6.04 Å². The molecule has 2 aromatic carbocycles. The smallest absolute Gasteiger partial charge is 0.280 e. The number of hydrogen-bond donors (Lipinski definition) is 1. The minimum absolute atomic E-state index is 0.142. The van der Waals surface area contributed by atoms with Gasteiger partial charge in [0.1, 0.15) is 0 Å². The van der Waals surface area contributed by atoms with Crippen LogP contribution >= 0.6 is 23.2 Å². The van der Waals surface area contributed by atoms with Gasteiger partial charge in [0.25, 0.3) is 5.91 Å². The van der Waals surface area contributed by atoms with Crippen LogP contribution in [-0.4, -0.2) is 16.1 Å². The van der Waals surface area contributed by atoms with Gasteiger partial charge in [0.2, 0.25) is 0 Å². The molecular weight excluding hydrogens is 345 g/mol. The summed E-state index contributed by atoms with van der Waals surface area (Å²) in [6.07, 6.45) is 0. The zero-order valence-corrected chi connectivity index (χ0v) is 14.3. The summed E-state index contributed by atoms with van der Waals surface area (Å²) in [6, 6.07) is 14.5. The molecule has 1 unspecified atom stereocenters. The third-order valence-corrected chi connectivity index (χ3v) is 4.71. The number of hydrogen-bond acceptors (Lipinski definition) is 2. The van der Waals surface area contributed by atoms with Crippen molar-refractivity contribution in [1.82, 2.24) is 10.2 Å². The molecule has 0 spiro atoms. The topological polar surface area (TPSA) is 49.0 Å². The Hall–Kier alpha value is -2.30. The molecule has 0 radical (unpaired) electrons. The molecule has 24 heavy (non-hydrogen) atoms. The van der Waals surface area contributed by atoms with Gasteiger partial charge in [-0.25, -0.2) is 0 Å². The summed E-state index contributed by atoms with van der Waals surface area (Å²) in [5, 5.41) is 8.34. The van der Waals surface area contributed by atoms with Crippen molar-refractivity contribution in [3.63, 3.8) is 0 Å². The number of carbonyl (C=O) groups excluding carboxylic acids is 1. The third-order valence-electron chi connectivity index (χ3n) is 4.22. The maximum absolute atomic E-state index is 12.9. The van der Waals surface area contributed by atoms with E-state index in [4.69, 9.17) is 23.2 Å². The summed E-state index contributed by atoms with van der Waals surface area (Å²) in [5.41, 5.74) is 3.93. The van der Waals surface area contributed by atoms with Gasteiger partial charge in [-0.05, 0) is 42.8 Å². The summed E-state index contributed by atoms with van der Waals surface area (Å²) in [6.45, 7) is 1.92. The van der Waals surface area contributed by atoms with Crippen molar-refractivity contribution in [3.05, 3.63) is 81.1 Å². The SMILES string of the molecule is Cc1[nH]nc2c1C(c1ccc(Cl)cc1)N(c1cccc(Cl)c1)C2=O. The van der Waals surface area contributed by atoms with E-state index in [-0.39, 0.29) is 11.9 Å². The second-order valence-corrected chi connectivity index (χ2v) is 6.59. The Morgan fingerprint density at radius 1 is 1.08 bits per heavy atom. The molecule has 6 heteroatoms. The van der Waals surface area contributed by atoms with Crippen LogP contribution in [0.4, 0.5) is 5.69 Å². The summed E-state index contributed by atoms with van der Waals surface area (Å²) in [4.78, 5) is 14.7. The fourth-order valence-corrected chi connectivity index (χ4v) is 3.46. The predicted octanol–water partition coefficient (Wildman–Crippen LogP) is 4.77. The average molecular weight is 358 g/mol. The minimum Gasteiger partial charge on any atom is -0.295 e. The number of fused-ring (bicyclic) bond motifs is 1. The Kier molecular flexibility index (Phi) is 3.59. The van der Waals surface area contributed by atoms with Gasteiger partial charge in [0.15, 0.2) is 5.69 Å². The van der Waals surface area contributed by atoms with Crippen LogP contribution in [0.5, 0.6) is 0 Å². The molecule has 1 aliphatic heterocycles. The minimum atomic E-state index is -0.262. The Labute approximate surface area is 149 Å². The van der Waals surface area contributed by atoms with E-state index in [0.29, 0.717) is 15.7 Å². The van der Waals surface area contributed by atoms with E-state index in [1.165, 1.54) is 0 Å². The molecule has 0 saturated heterocycles. The predicted molar refractivity (Wildman–Crippen MR) is 94.9 cm³/mol. The zero-order valence-electron chi connectivity index (χ0n) is 12.8. The molecule has 1 atom stereocenters. The van der Waals surface area contributed by atoms with E-state index in [2.05, 4.69) is 10.2 Å². The molecule has 0 aliphatic carbocycles. The second kappa shape index (κ2) is 5.65. The van der Waals surface area contributed by atoms with E-state index in [1.807, 2.05) is 43.3 Å². The summed E-state index contributed by atoms with van der Waals surface area (Å²) in [5.74, 6) is -0.142. The molecule has 0 bridgehead atoms. The number of H-pyrrole nitrogens is 1. The van der Waals surface area contributed by atoms with Crippen LogP contribution in [0.2, 0.25) is 10.0 Å². The van der Waals surface area contributed by atoms with Crippen LogP contribution in [0.3, 0.4) is 0 Å². The van der Waals surface area contributed by atoms with Crippen molar-refractivity contribution in [2.75, 3.05) is 4.90 Å². The highest BCUT2D eigenvalue weighted by Crippen LogP contribution is 2.42. The maximum atomic E-state index is 12.9. The molecule has 1 N–H and O–H groups in total. The first-order valence-electron chi connectivity index (χ1n) is 7.45. The highest BCUT2D eigenvalue weighted by Gasteiger charge is 2.42. The summed E-state index contributed by atoms with van der Waals surface area (Å²) in [7, 11) is 0. The molecule has 4 rings (SSSR count). The number of nitrogens with zero attached hydrogens (tertiary/aromatic N) is 2. The number of benzene rings is 2. The lowest BCUT2D eigenvalue weighted by atomic mass is 9.99. The van der Waals surface area contributed by atoms with Crippen molar-refractivity contribution in [3.8, 4) is 0 Å². The lowest BCUT2D eigenvalue weighted by Crippen LogP contribution is -2.29. The van der Waals surface area contributed by atoms with E-state index in [0.717, 1.165) is 22.5 Å². The Balaban J connectivity index is 1.91. The lowest BCUT2D eigenvalue weighted by Gasteiger charge is -2.26. The first-order valence-corrected chi connectivity index (χ1v) is 8.21. The summed E-state index contributed by atoms with van der Waals surface area (Å²) < 4.78 is 0. The fourth-order valence-electron chi connectivity index (χ4n) is 3.15. The molecule has 1 aromatic heterocycles. The number of aromatic amines is 1. The number of aromatic nitrogens is 2. The van der Waals surface area contributed by atoms with Crippen molar-refractivity contribution in [1.29, 1.82) is 0 Å². The first kappa shape index (κ1) is 15.2. The van der Waals surface area contributed by atoms with Gasteiger partial charge in [-0.1, -0.05) is 41.4 Å². The Morgan fingerprint density at radius 2 is 1.83 bits per heavy atom. The number of rotatable bonds is 2. The number of anilines is 1. The van der Waals surface area contributed by atoms with Gasteiger partial charge in [-0.3, -0.25) is 14.8 Å². The van der Waals surface area contributed by atoms with Crippen molar-refractivity contribution < 1.29 is 4.79 Å². The second-order valence-electron chi connectivity index (χ2n) is 5.72. The van der Waals surface area contributed by atoms with Crippen LogP contribution < -0.4 is 4.90 Å². The monoisotopic (exact) mass is 357 g/mol. The highest BCUT2D eigenvalue weighted by molar-refractivity contribution is 6.31. The van der Waals surface area contributed by atoms with E-state index < -0.39 is 0 Å². The molecular formula is C18H13Cl2N3O. The van der Waals surface area contributed by atoms with Crippen LogP contribution in [0.15, 0.2) is 48.5 Å². The first-order chi connectivity index (χ1) is 11.6. The van der Waals surface area contributed by atoms with Crippen molar-refractivity contribution in [2.45, 2.75) is 13.0 Å². The van der Waals surface area contributed by atoms with Gasteiger partial charge >= 0.3 is 0 Å². The van der Waals surface area contributed by atoms with Crippen LogP contribution in [0, 0.1) is 6.92 Å². The van der Waals surface area contributed by atoms with Crippen LogP contribution in [-0.2, 0) is 0 Å². The number of nitrogens with one attached hydrogen (secondary N) is 1. The van der Waals surface area contributed by atoms with E-state index in [9.17, 15) is 4.79 Å².